The number of hydrogen-bond acceptors (Lipinski definition) is 5. The molecule has 1 N–H and O–H groups in total. The molecule has 6 heteroatoms. The number of ether oxygens (including phenoxy) is 2. The fourth-order valence-electron chi connectivity index (χ4n) is 2.08. The van der Waals surface area contributed by atoms with Gasteiger partial charge in [0.1, 0.15) is 0 Å². The first-order valence-electron chi connectivity index (χ1n) is 7.46. The zero-order chi connectivity index (χ0) is 18.4. The fourth-order valence-corrected chi connectivity index (χ4v) is 2.20. The van der Waals surface area contributed by atoms with Gasteiger partial charge in [0.05, 0.1) is 7.11 Å². The Hall–Kier alpha value is -2.79. The zero-order valence-corrected chi connectivity index (χ0v) is 14.5. The minimum atomic E-state index is -0.923. The van der Waals surface area contributed by atoms with E-state index < -0.39 is 12.1 Å². The second-order valence-corrected chi connectivity index (χ2v) is 5.65. The summed E-state index contributed by atoms with van der Waals surface area (Å²) in [6, 6.07) is 11.0. The van der Waals surface area contributed by atoms with Crippen molar-refractivity contribution in [1.29, 1.82) is 0 Å². The summed E-state index contributed by atoms with van der Waals surface area (Å²) >= 11 is 5.78. The zero-order valence-electron chi connectivity index (χ0n) is 13.7. The van der Waals surface area contributed by atoms with Gasteiger partial charge in [0.25, 0.3) is 0 Å². The van der Waals surface area contributed by atoms with E-state index in [1.165, 1.54) is 32.3 Å². The number of aromatic hydroxyl groups is 1. The number of methoxy groups -OCH3 is 1. The second kappa shape index (κ2) is 8.35. The highest BCUT2D eigenvalue weighted by atomic mass is 35.5. The van der Waals surface area contributed by atoms with Gasteiger partial charge in [-0.3, -0.25) is 4.79 Å². The van der Waals surface area contributed by atoms with Crippen molar-refractivity contribution >= 4 is 29.4 Å². The molecule has 0 bridgehead atoms. The van der Waals surface area contributed by atoms with Crippen molar-refractivity contribution in [3.63, 3.8) is 0 Å². The van der Waals surface area contributed by atoms with Crippen molar-refractivity contribution < 1.29 is 24.2 Å². The molecular weight excluding hydrogens is 344 g/mol. The third-order valence-electron chi connectivity index (χ3n) is 3.41. The first-order valence-corrected chi connectivity index (χ1v) is 7.84. The van der Waals surface area contributed by atoms with Gasteiger partial charge in [-0.1, -0.05) is 17.7 Å². The predicted molar refractivity (Wildman–Crippen MR) is 95.0 cm³/mol. The van der Waals surface area contributed by atoms with E-state index in [1.807, 2.05) is 0 Å². The Labute approximate surface area is 150 Å². The molecule has 130 valence electrons. The van der Waals surface area contributed by atoms with Crippen LogP contribution in [0.4, 0.5) is 0 Å². The van der Waals surface area contributed by atoms with Crippen molar-refractivity contribution in [3.05, 3.63) is 64.7 Å². The number of Topliss-reactive ketones (excluding diaryl/α,β-unsaturated/α-hetero) is 1. The molecule has 0 amide bonds. The molecule has 5 nitrogen and oxygen atoms in total. The van der Waals surface area contributed by atoms with Crippen LogP contribution in [0.15, 0.2) is 48.5 Å². The normalized spacial score (nSPS) is 12.0. The Morgan fingerprint density at radius 3 is 2.48 bits per heavy atom. The van der Waals surface area contributed by atoms with Crippen molar-refractivity contribution in [2.45, 2.75) is 13.0 Å². The summed E-state index contributed by atoms with van der Waals surface area (Å²) in [5.74, 6) is -0.669. The molecule has 2 aromatic rings. The number of carbonyl (C=O) groups excluding carboxylic acids is 2. The minimum absolute atomic E-state index is 0.00408. The van der Waals surface area contributed by atoms with Crippen molar-refractivity contribution in [2.24, 2.45) is 0 Å². The van der Waals surface area contributed by atoms with Crippen LogP contribution in [0.3, 0.4) is 0 Å². The molecule has 0 radical (unpaired) electrons. The van der Waals surface area contributed by atoms with Crippen molar-refractivity contribution in [2.75, 3.05) is 7.11 Å². The van der Waals surface area contributed by atoms with E-state index >= 15 is 0 Å². The van der Waals surface area contributed by atoms with Gasteiger partial charge >= 0.3 is 5.97 Å². The lowest BCUT2D eigenvalue weighted by atomic mass is 10.1. The van der Waals surface area contributed by atoms with Crippen molar-refractivity contribution in [3.8, 4) is 11.5 Å². The average molecular weight is 361 g/mol. The molecule has 0 spiro atoms. The van der Waals surface area contributed by atoms with E-state index in [2.05, 4.69) is 0 Å². The lowest BCUT2D eigenvalue weighted by molar-refractivity contribution is -0.140. The average Bonchev–Trinajstić information content (AvgIpc) is 2.61. The summed E-state index contributed by atoms with van der Waals surface area (Å²) in [6.07, 6.45) is 1.79. The predicted octanol–water partition coefficient (Wildman–Crippen LogP) is 3.88. The van der Waals surface area contributed by atoms with E-state index in [0.717, 1.165) is 0 Å². The molecule has 0 heterocycles. The lowest BCUT2D eigenvalue weighted by Crippen LogP contribution is -2.23. The van der Waals surface area contributed by atoms with Gasteiger partial charge in [-0.05, 0) is 55.0 Å². The third kappa shape index (κ3) is 5.09. The molecule has 2 rings (SSSR count). The topological polar surface area (TPSA) is 72.8 Å². The van der Waals surface area contributed by atoms with Gasteiger partial charge in [-0.2, -0.15) is 0 Å². The number of hydrogen-bond donors (Lipinski definition) is 1. The fraction of sp³-hybridized carbons (Fsp3) is 0.158. The van der Waals surface area contributed by atoms with E-state index in [0.29, 0.717) is 21.9 Å². The molecule has 2 aromatic carbocycles. The Balaban J connectivity index is 1.99. The lowest BCUT2D eigenvalue weighted by Gasteiger charge is -2.11. The van der Waals surface area contributed by atoms with E-state index in [9.17, 15) is 14.7 Å². The number of rotatable bonds is 6. The summed E-state index contributed by atoms with van der Waals surface area (Å²) in [7, 11) is 1.43. The van der Waals surface area contributed by atoms with Gasteiger partial charge in [0.15, 0.2) is 17.6 Å². The maximum atomic E-state index is 12.2. The molecule has 1 atom stereocenters. The molecule has 0 unspecified atom stereocenters. The number of ketones is 1. The highest BCUT2D eigenvalue weighted by Gasteiger charge is 2.18. The number of benzene rings is 2. The molecule has 0 saturated carbocycles. The van der Waals surface area contributed by atoms with Gasteiger partial charge in [0.2, 0.25) is 5.78 Å². The highest BCUT2D eigenvalue weighted by Crippen LogP contribution is 2.26. The van der Waals surface area contributed by atoms with Crippen LogP contribution in [0, 0.1) is 0 Å². The van der Waals surface area contributed by atoms with E-state index in [1.54, 1.807) is 36.4 Å². The Morgan fingerprint density at radius 2 is 1.84 bits per heavy atom. The van der Waals surface area contributed by atoms with Gasteiger partial charge in [-0.25, -0.2) is 4.79 Å². The van der Waals surface area contributed by atoms with Crippen LogP contribution in [0.2, 0.25) is 5.02 Å². The number of esters is 1. The second-order valence-electron chi connectivity index (χ2n) is 5.21. The Morgan fingerprint density at radius 1 is 1.16 bits per heavy atom. The van der Waals surface area contributed by atoms with Crippen LogP contribution in [-0.2, 0) is 9.53 Å². The van der Waals surface area contributed by atoms with Gasteiger partial charge in [0, 0.05) is 16.7 Å². The van der Waals surface area contributed by atoms with Crippen LogP contribution in [-0.4, -0.2) is 30.1 Å². The summed E-state index contributed by atoms with van der Waals surface area (Å²) in [4.78, 5) is 24.1. The van der Waals surface area contributed by atoms with E-state index in [4.69, 9.17) is 21.1 Å². The van der Waals surface area contributed by atoms with Crippen LogP contribution in [0.5, 0.6) is 11.5 Å². The SMILES string of the molecule is COc1cc(/C=C/C(=O)O[C@@H](C)C(=O)c2ccc(Cl)cc2)ccc1O. The van der Waals surface area contributed by atoms with Gasteiger partial charge in [-0.15, -0.1) is 0 Å². The number of halogens is 1. The molecule has 0 aliphatic carbocycles. The first kappa shape index (κ1) is 18.5. The molecular formula is C19H17ClO5. The highest BCUT2D eigenvalue weighted by molar-refractivity contribution is 6.30. The Kier molecular flexibility index (Phi) is 6.19. The van der Waals surface area contributed by atoms with Crippen LogP contribution >= 0.6 is 11.6 Å². The first-order chi connectivity index (χ1) is 11.9. The summed E-state index contributed by atoms with van der Waals surface area (Å²) < 4.78 is 10.1. The minimum Gasteiger partial charge on any atom is -0.504 e. The standard InChI is InChI=1S/C19H17ClO5/c1-12(19(23)14-5-7-15(20)8-6-14)25-18(22)10-4-13-3-9-16(21)17(11-13)24-2/h3-12,21H,1-2H3/b10-4+/t12-/m0/s1. The molecule has 0 fully saturated rings. The molecule has 0 aliphatic heterocycles. The summed E-state index contributed by atoms with van der Waals surface area (Å²) in [5, 5.41) is 10.1. The third-order valence-corrected chi connectivity index (χ3v) is 3.66. The van der Waals surface area contributed by atoms with Crippen LogP contribution < -0.4 is 4.74 Å². The monoisotopic (exact) mass is 360 g/mol. The quantitative estimate of drug-likeness (QED) is 0.480. The molecule has 0 aliphatic rings. The molecule has 25 heavy (non-hydrogen) atoms. The smallest absolute Gasteiger partial charge is 0.331 e. The van der Waals surface area contributed by atoms with Crippen LogP contribution in [0.25, 0.3) is 6.08 Å². The van der Waals surface area contributed by atoms with Crippen LogP contribution in [0.1, 0.15) is 22.8 Å². The number of phenolic OH excluding ortho intramolecular Hbond substituents is 1. The molecule has 0 saturated heterocycles. The largest absolute Gasteiger partial charge is 0.504 e. The van der Waals surface area contributed by atoms with Crippen molar-refractivity contribution in [1.82, 2.24) is 0 Å². The number of phenols is 1. The maximum absolute atomic E-state index is 12.2. The number of carbonyl (C=O) groups is 2. The Bertz CT molecular complexity index is 796. The van der Waals surface area contributed by atoms with Gasteiger partial charge < -0.3 is 14.6 Å². The maximum Gasteiger partial charge on any atom is 0.331 e. The molecule has 0 aromatic heterocycles. The summed E-state index contributed by atoms with van der Waals surface area (Å²) in [5.41, 5.74) is 1.06. The summed E-state index contributed by atoms with van der Waals surface area (Å²) in [6.45, 7) is 1.51. The van der Waals surface area contributed by atoms with E-state index in [-0.39, 0.29) is 11.5 Å².